The third-order valence-corrected chi connectivity index (χ3v) is 6.26. The first-order chi connectivity index (χ1) is 13.9. The van der Waals surface area contributed by atoms with Crippen LogP contribution in [0.4, 0.5) is 0 Å². The smallest absolute Gasteiger partial charge is 0.389 e. The second-order valence-electron chi connectivity index (χ2n) is 8.29. The molecule has 5 atom stereocenters. The van der Waals surface area contributed by atoms with Gasteiger partial charge in [-0.1, -0.05) is 64.4 Å². The maximum atomic E-state index is 12.9. The Bertz CT molecular complexity index is 823. The van der Waals surface area contributed by atoms with E-state index in [0.717, 1.165) is 28.7 Å². The monoisotopic (exact) mass is 399 g/mol. The van der Waals surface area contributed by atoms with Gasteiger partial charge in [-0.05, 0) is 29.7 Å². The van der Waals surface area contributed by atoms with Gasteiger partial charge in [0.2, 0.25) is 0 Å². The highest BCUT2D eigenvalue weighted by Gasteiger charge is 2.42. The molecular formula is C24H33NO4. The van der Waals surface area contributed by atoms with Gasteiger partial charge in [0.1, 0.15) is 11.3 Å². The Labute approximate surface area is 174 Å². The molecule has 158 valence electrons. The molecule has 0 amide bonds. The lowest BCUT2D eigenvalue weighted by atomic mass is 9.79. The minimum atomic E-state index is -0.265. The average Bonchev–Trinajstić information content (AvgIpc) is 2.73. The first kappa shape index (κ1) is 21.4. The average molecular weight is 400 g/mol. The van der Waals surface area contributed by atoms with Gasteiger partial charge < -0.3 is 19.4 Å². The van der Waals surface area contributed by atoms with E-state index in [-0.39, 0.29) is 24.0 Å². The molecule has 1 aromatic carbocycles. The Morgan fingerprint density at radius 3 is 2.41 bits per heavy atom. The molecule has 1 aliphatic heterocycles. The molecule has 0 saturated carbocycles. The Morgan fingerprint density at radius 2 is 1.83 bits per heavy atom. The van der Waals surface area contributed by atoms with Crippen LogP contribution in [0.1, 0.15) is 52.2 Å². The number of methoxy groups -OCH3 is 2. The molecule has 1 saturated heterocycles. The molecule has 0 aliphatic carbocycles. The highest BCUT2D eigenvalue weighted by Crippen LogP contribution is 2.48. The van der Waals surface area contributed by atoms with Crippen LogP contribution in [0.25, 0.3) is 11.1 Å². The second kappa shape index (κ2) is 9.04. The van der Waals surface area contributed by atoms with E-state index in [0.29, 0.717) is 23.1 Å². The fourth-order valence-corrected chi connectivity index (χ4v) is 4.65. The minimum Gasteiger partial charge on any atom is -0.616 e. The van der Waals surface area contributed by atoms with Crippen molar-refractivity contribution in [3.05, 3.63) is 47.3 Å². The van der Waals surface area contributed by atoms with E-state index < -0.39 is 0 Å². The van der Waals surface area contributed by atoms with Crippen molar-refractivity contribution < 1.29 is 18.9 Å². The fourth-order valence-electron chi connectivity index (χ4n) is 4.65. The quantitative estimate of drug-likeness (QED) is 0.498. The van der Waals surface area contributed by atoms with Gasteiger partial charge >= 0.3 is 5.88 Å². The molecule has 0 spiro atoms. The van der Waals surface area contributed by atoms with Gasteiger partial charge in [0.25, 0.3) is 0 Å². The van der Waals surface area contributed by atoms with Crippen LogP contribution in [-0.2, 0) is 4.74 Å². The zero-order chi connectivity index (χ0) is 21.1. The van der Waals surface area contributed by atoms with Crippen molar-refractivity contribution in [2.24, 2.45) is 17.8 Å². The highest BCUT2D eigenvalue weighted by atomic mass is 16.5. The summed E-state index contributed by atoms with van der Waals surface area (Å²) in [4.78, 5) is 0. The van der Waals surface area contributed by atoms with Gasteiger partial charge in [0.15, 0.2) is 6.20 Å². The summed E-state index contributed by atoms with van der Waals surface area (Å²) in [5.74, 6) is 2.03. The van der Waals surface area contributed by atoms with E-state index in [9.17, 15) is 5.21 Å². The first-order valence-electron chi connectivity index (χ1n) is 10.5. The molecular weight excluding hydrogens is 366 g/mol. The van der Waals surface area contributed by atoms with E-state index in [1.54, 1.807) is 7.11 Å². The Balaban J connectivity index is 2.17. The van der Waals surface area contributed by atoms with Crippen molar-refractivity contribution in [2.75, 3.05) is 14.2 Å². The van der Waals surface area contributed by atoms with Crippen LogP contribution >= 0.6 is 0 Å². The summed E-state index contributed by atoms with van der Waals surface area (Å²) in [5, 5.41) is 12.9. The van der Waals surface area contributed by atoms with Crippen molar-refractivity contribution >= 4 is 0 Å². The summed E-state index contributed by atoms with van der Waals surface area (Å²) in [6.07, 6.45) is 3.48. The number of rotatable bonds is 6. The predicted octanol–water partition coefficient (Wildman–Crippen LogP) is 5.15. The van der Waals surface area contributed by atoms with Crippen molar-refractivity contribution in [2.45, 2.75) is 52.7 Å². The molecule has 0 unspecified atom stereocenters. The van der Waals surface area contributed by atoms with E-state index >= 15 is 0 Å². The van der Waals surface area contributed by atoms with Crippen molar-refractivity contribution in [1.29, 1.82) is 0 Å². The van der Waals surface area contributed by atoms with Gasteiger partial charge in [0, 0.05) is 0 Å². The summed E-state index contributed by atoms with van der Waals surface area (Å²) >= 11 is 0. The molecule has 1 aliphatic rings. The largest absolute Gasteiger partial charge is 0.616 e. The molecule has 5 nitrogen and oxygen atoms in total. The SMILES string of the molecule is CC[C@H](C)[C@@H]1O[C@@H](c2c(OC)c(-c3ccccc3)c[n+]([O-])c2OC)[C@H](C)C[C@@H]1C. The van der Waals surface area contributed by atoms with E-state index in [2.05, 4.69) is 27.7 Å². The molecule has 2 aromatic rings. The summed E-state index contributed by atoms with van der Waals surface area (Å²) < 4.78 is 18.9. The normalized spacial score (nSPS) is 25.4. The zero-order valence-electron chi connectivity index (χ0n) is 18.3. The first-order valence-corrected chi connectivity index (χ1v) is 10.5. The van der Waals surface area contributed by atoms with E-state index in [1.807, 2.05) is 30.3 Å². The predicted molar refractivity (Wildman–Crippen MR) is 114 cm³/mol. The highest BCUT2D eigenvalue weighted by molar-refractivity contribution is 5.71. The summed E-state index contributed by atoms with van der Waals surface area (Å²) in [6.45, 7) is 8.86. The van der Waals surface area contributed by atoms with Crippen LogP contribution in [0.2, 0.25) is 0 Å². The molecule has 0 bridgehead atoms. The molecule has 1 aromatic heterocycles. The fraction of sp³-hybridized carbons (Fsp3) is 0.542. The summed E-state index contributed by atoms with van der Waals surface area (Å²) in [5.41, 5.74) is 2.38. The van der Waals surface area contributed by atoms with Crippen molar-refractivity contribution in [3.8, 4) is 22.8 Å². The van der Waals surface area contributed by atoms with E-state index in [4.69, 9.17) is 14.2 Å². The standard InChI is InChI=1S/C24H33NO4/c1-7-15(2)21-16(3)13-17(4)22(29-21)20-23(27-5)19(14-25(26)24(20)28-6)18-11-9-8-10-12-18/h8-12,14-17,21-22H,7,13H2,1-6H3/t15-,16-,17+,21-,22+/m0/s1. The Hall–Kier alpha value is -2.27. The van der Waals surface area contributed by atoms with Crippen LogP contribution in [0.5, 0.6) is 11.6 Å². The topological polar surface area (TPSA) is 54.6 Å². The van der Waals surface area contributed by atoms with E-state index in [1.165, 1.54) is 13.3 Å². The van der Waals surface area contributed by atoms with Crippen LogP contribution in [0, 0.1) is 23.0 Å². The molecule has 2 heterocycles. The number of nitrogens with zero attached hydrogens (tertiary/aromatic N) is 1. The number of ether oxygens (including phenoxy) is 3. The lowest BCUT2D eigenvalue weighted by Gasteiger charge is -2.42. The Morgan fingerprint density at radius 1 is 1.14 bits per heavy atom. The summed E-state index contributed by atoms with van der Waals surface area (Å²) in [6, 6.07) is 9.81. The number of aromatic nitrogens is 1. The van der Waals surface area contributed by atoms with Crippen LogP contribution in [0.3, 0.4) is 0 Å². The lowest BCUT2D eigenvalue weighted by Crippen LogP contribution is -2.40. The molecule has 5 heteroatoms. The van der Waals surface area contributed by atoms with Crippen LogP contribution in [-0.4, -0.2) is 20.3 Å². The zero-order valence-corrected chi connectivity index (χ0v) is 18.3. The number of hydrogen-bond acceptors (Lipinski definition) is 4. The molecule has 1 fully saturated rings. The van der Waals surface area contributed by atoms with Crippen molar-refractivity contribution in [1.82, 2.24) is 0 Å². The molecule has 3 rings (SSSR count). The van der Waals surface area contributed by atoms with Gasteiger partial charge in [-0.15, -0.1) is 4.73 Å². The molecule has 0 N–H and O–H groups in total. The molecule has 0 radical (unpaired) electrons. The van der Waals surface area contributed by atoms with Gasteiger partial charge in [0.05, 0.1) is 32.0 Å². The minimum absolute atomic E-state index is 0.135. The Kier molecular flexibility index (Phi) is 6.68. The number of pyridine rings is 1. The third-order valence-electron chi connectivity index (χ3n) is 6.26. The van der Waals surface area contributed by atoms with Gasteiger partial charge in [-0.3, -0.25) is 0 Å². The van der Waals surface area contributed by atoms with Gasteiger partial charge in [-0.25, -0.2) is 0 Å². The summed E-state index contributed by atoms with van der Waals surface area (Å²) in [7, 11) is 3.17. The second-order valence-corrected chi connectivity index (χ2v) is 8.29. The van der Waals surface area contributed by atoms with Gasteiger partial charge in [-0.2, -0.15) is 0 Å². The maximum Gasteiger partial charge on any atom is 0.389 e. The number of hydrogen-bond donors (Lipinski definition) is 0. The number of benzene rings is 1. The van der Waals surface area contributed by atoms with Crippen molar-refractivity contribution in [3.63, 3.8) is 0 Å². The lowest BCUT2D eigenvalue weighted by molar-refractivity contribution is -0.612. The third kappa shape index (κ3) is 4.06. The molecule has 29 heavy (non-hydrogen) atoms. The van der Waals surface area contributed by atoms with Crippen LogP contribution < -0.4 is 14.2 Å². The van der Waals surface area contributed by atoms with Crippen LogP contribution in [0.15, 0.2) is 36.5 Å². The maximum absolute atomic E-state index is 12.9.